The largest absolute Gasteiger partial charge is 0.493 e. The van der Waals surface area contributed by atoms with Crippen LogP contribution in [-0.4, -0.2) is 37.2 Å². The molecule has 6 heteroatoms. The second kappa shape index (κ2) is 8.01. The first kappa shape index (κ1) is 17.3. The fraction of sp³-hybridized carbons (Fsp3) is 0.222. The van der Waals surface area contributed by atoms with E-state index in [2.05, 4.69) is 5.32 Å². The molecule has 0 aromatic heterocycles. The van der Waals surface area contributed by atoms with E-state index in [1.54, 1.807) is 12.1 Å². The van der Waals surface area contributed by atoms with Crippen molar-refractivity contribution in [2.24, 2.45) is 0 Å². The number of ether oxygens (including phenoxy) is 2. The third kappa shape index (κ3) is 4.25. The van der Waals surface area contributed by atoms with Gasteiger partial charge in [-0.25, -0.2) is 4.79 Å². The molecule has 0 spiro atoms. The van der Waals surface area contributed by atoms with E-state index >= 15 is 0 Å². The van der Waals surface area contributed by atoms with Crippen LogP contribution in [0.4, 0.5) is 0 Å². The van der Waals surface area contributed by atoms with E-state index in [1.807, 2.05) is 30.3 Å². The maximum atomic E-state index is 12.3. The molecule has 1 atom stereocenters. The van der Waals surface area contributed by atoms with Crippen LogP contribution in [0.2, 0.25) is 0 Å². The van der Waals surface area contributed by atoms with Gasteiger partial charge in [0.05, 0.1) is 14.2 Å². The van der Waals surface area contributed by atoms with Crippen molar-refractivity contribution in [2.45, 2.75) is 12.5 Å². The van der Waals surface area contributed by atoms with Crippen molar-refractivity contribution in [1.29, 1.82) is 0 Å². The average molecular weight is 329 g/mol. The van der Waals surface area contributed by atoms with E-state index in [1.165, 1.54) is 20.3 Å². The topological polar surface area (TPSA) is 84.9 Å². The van der Waals surface area contributed by atoms with Gasteiger partial charge in [-0.05, 0) is 23.8 Å². The van der Waals surface area contributed by atoms with Crippen LogP contribution >= 0.6 is 0 Å². The molecule has 24 heavy (non-hydrogen) atoms. The van der Waals surface area contributed by atoms with Gasteiger partial charge in [-0.15, -0.1) is 0 Å². The summed E-state index contributed by atoms with van der Waals surface area (Å²) in [7, 11) is 2.97. The zero-order chi connectivity index (χ0) is 17.5. The third-order valence-electron chi connectivity index (χ3n) is 3.53. The Hall–Kier alpha value is -3.02. The van der Waals surface area contributed by atoms with Crippen molar-refractivity contribution in [2.75, 3.05) is 14.2 Å². The number of hydrogen-bond donors (Lipinski definition) is 2. The quantitative estimate of drug-likeness (QED) is 0.813. The van der Waals surface area contributed by atoms with E-state index in [-0.39, 0.29) is 6.42 Å². The Morgan fingerprint density at radius 1 is 1.04 bits per heavy atom. The number of nitrogens with one attached hydrogen (secondary N) is 1. The summed E-state index contributed by atoms with van der Waals surface area (Å²) in [5, 5.41) is 11.9. The number of benzene rings is 2. The molecule has 2 aromatic rings. The predicted molar refractivity (Wildman–Crippen MR) is 88.6 cm³/mol. The van der Waals surface area contributed by atoms with Crippen LogP contribution in [0.25, 0.3) is 0 Å². The summed E-state index contributed by atoms with van der Waals surface area (Å²) in [5.41, 5.74) is 1.13. The number of rotatable bonds is 7. The fourth-order valence-corrected chi connectivity index (χ4v) is 2.27. The minimum atomic E-state index is -1.09. The van der Waals surface area contributed by atoms with Crippen molar-refractivity contribution < 1.29 is 24.2 Å². The van der Waals surface area contributed by atoms with Crippen LogP contribution in [0.1, 0.15) is 15.9 Å². The molecule has 126 valence electrons. The van der Waals surface area contributed by atoms with Crippen LogP contribution < -0.4 is 14.8 Å². The number of carbonyl (C=O) groups excluding carboxylic acids is 1. The standard InChI is InChI=1S/C18H19NO5/c1-23-15-9-8-13(11-16(15)24-2)17(20)19-14(18(21)22)10-12-6-4-3-5-7-12/h3-9,11,14H,10H2,1-2H3,(H,19,20)(H,21,22)/t14-/m0/s1. The van der Waals surface area contributed by atoms with Gasteiger partial charge in [0, 0.05) is 12.0 Å². The molecule has 6 nitrogen and oxygen atoms in total. The van der Waals surface area contributed by atoms with Crippen LogP contribution in [-0.2, 0) is 11.2 Å². The molecular weight excluding hydrogens is 310 g/mol. The van der Waals surface area contributed by atoms with Crippen LogP contribution in [0.15, 0.2) is 48.5 Å². The van der Waals surface area contributed by atoms with Crippen LogP contribution in [0, 0.1) is 0 Å². The van der Waals surface area contributed by atoms with E-state index in [0.29, 0.717) is 17.1 Å². The van der Waals surface area contributed by atoms with Crippen molar-refractivity contribution >= 4 is 11.9 Å². The summed E-state index contributed by atoms with van der Waals surface area (Å²) in [6, 6.07) is 12.8. The minimum Gasteiger partial charge on any atom is -0.493 e. The summed E-state index contributed by atoms with van der Waals surface area (Å²) in [5.74, 6) is -0.680. The maximum absolute atomic E-state index is 12.3. The van der Waals surface area contributed by atoms with Crippen molar-refractivity contribution in [1.82, 2.24) is 5.32 Å². The summed E-state index contributed by atoms with van der Waals surface area (Å²) < 4.78 is 10.3. The molecule has 0 aliphatic heterocycles. The van der Waals surface area contributed by atoms with Crippen molar-refractivity contribution in [3.8, 4) is 11.5 Å². The second-order valence-corrected chi connectivity index (χ2v) is 5.12. The number of amides is 1. The average Bonchev–Trinajstić information content (AvgIpc) is 2.61. The van der Waals surface area contributed by atoms with Gasteiger partial charge in [-0.3, -0.25) is 4.79 Å². The Balaban J connectivity index is 2.14. The Labute approximate surface area is 140 Å². The molecule has 0 radical (unpaired) electrons. The number of hydrogen-bond acceptors (Lipinski definition) is 4. The highest BCUT2D eigenvalue weighted by atomic mass is 16.5. The van der Waals surface area contributed by atoms with Gasteiger partial charge >= 0.3 is 5.97 Å². The number of methoxy groups -OCH3 is 2. The number of aliphatic carboxylic acids is 1. The monoisotopic (exact) mass is 329 g/mol. The maximum Gasteiger partial charge on any atom is 0.326 e. The molecule has 0 aliphatic carbocycles. The molecule has 0 unspecified atom stereocenters. The minimum absolute atomic E-state index is 0.204. The van der Waals surface area contributed by atoms with Crippen LogP contribution in [0.5, 0.6) is 11.5 Å². The first-order chi connectivity index (χ1) is 11.5. The zero-order valence-corrected chi connectivity index (χ0v) is 13.5. The Morgan fingerprint density at radius 2 is 1.71 bits per heavy atom. The van der Waals surface area contributed by atoms with Gasteiger partial charge in [-0.1, -0.05) is 30.3 Å². The molecular formula is C18H19NO5. The predicted octanol–water partition coefficient (Wildman–Crippen LogP) is 2.13. The van der Waals surface area contributed by atoms with E-state index in [0.717, 1.165) is 5.56 Å². The molecule has 1 amide bonds. The molecule has 2 aromatic carbocycles. The zero-order valence-electron chi connectivity index (χ0n) is 13.5. The van der Waals surface area contributed by atoms with Crippen molar-refractivity contribution in [3.05, 3.63) is 59.7 Å². The molecule has 2 rings (SSSR count). The Kier molecular flexibility index (Phi) is 5.78. The van der Waals surface area contributed by atoms with E-state index in [4.69, 9.17) is 9.47 Å². The second-order valence-electron chi connectivity index (χ2n) is 5.12. The molecule has 0 fully saturated rings. The first-order valence-electron chi connectivity index (χ1n) is 7.34. The molecule has 0 bridgehead atoms. The van der Waals surface area contributed by atoms with Crippen molar-refractivity contribution in [3.63, 3.8) is 0 Å². The lowest BCUT2D eigenvalue weighted by Crippen LogP contribution is -2.42. The Morgan fingerprint density at radius 3 is 2.29 bits per heavy atom. The summed E-state index contributed by atoms with van der Waals surface area (Å²) in [6.45, 7) is 0. The van der Waals surface area contributed by atoms with Gasteiger partial charge < -0.3 is 19.9 Å². The smallest absolute Gasteiger partial charge is 0.326 e. The Bertz CT molecular complexity index is 715. The molecule has 0 heterocycles. The van der Waals surface area contributed by atoms with E-state index < -0.39 is 17.9 Å². The molecule has 0 saturated heterocycles. The third-order valence-corrected chi connectivity index (χ3v) is 3.53. The first-order valence-corrected chi connectivity index (χ1v) is 7.34. The van der Waals surface area contributed by atoms with Gasteiger partial charge in [0.15, 0.2) is 11.5 Å². The van der Waals surface area contributed by atoms with Gasteiger partial charge in [0.25, 0.3) is 5.91 Å². The van der Waals surface area contributed by atoms with Gasteiger partial charge in [0.2, 0.25) is 0 Å². The molecule has 0 saturated carbocycles. The fourth-order valence-electron chi connectivity index (χ4n) is 2.27. The SMILES string of the molecule is COc1ccc(C(=O)N[C@@H](Cc2ccccc2)C(=O)O)cc1OC. The molecule has 2 N–H and O–H groups in total. The highest BCUT2D eigenvalue weighted by Gasteiger charge is 2.21. The van der Waals surface area contributed by atoms with E-state index in [9.17, 15) is 14.7 Å². The summed E-state index contributed by atoms with van der Waals surface area (Å²) >= 11 is 0. The van der Waals surface area contributed by atoms with Gasteiger partial charge in [-0.2, -0.15) is 0 Å². The summed E-state index contributed by atoms with van der Waals surface area (Å²) in [4.78, 5) is 23.8. The summed E-state index contributed by atoms with van der Waals surface area (Å²) in [6.07, 6.45) is 0.204. The van der Waals surface area contributed by atoms with Gasteiger partial charge in [0.1, 0.15) is 6.04 Å². The number of carbonyl (C=O) groups is 2. The lowest BCUT2D eigenvalue weighted by Gasteiger charge is -2.15. The number of carboxylic acids is 1. The molecule has 0 aliphatic rings. The lowest BCUT2D eigenvalue weighted by molar-refractivity contribution is -0.139. The highest BCUT2D eigenvalue weighted by Crippen LogP contribution is 2.27. The lowest BCUT2D eigenvalue weighted by atomic mass is 10.1. The van der Waals surface area contributed by atoms with Crippen LogP contribution in [0.3, 0.4) is 0 Å². The number of carboxylic acid groups (broad SMARTS) is 1. The highest BCUT2D eigenvalue weighted by molar-refractivity contribution is 5.97. The normalized spacial score (nSPS) is 11.4.